The number of amides is 1. The van der Waals surface area contributed by atoms with E-state index in [-0.39, 0.29) is 12.3 Å². The van der Waals surface area contributed by atoms with Gasteiger partial charge in [-0.25, -0.2) is 0 Å². The zero-order valence-corrected chi connectivity index (χ0v) is 13.4. The van der Waals surface area contributed by atoms with Crippen LogP contribution in [0.4, 0.5) is 0 Å². The van der Waals surface area contributed by atoms with Gasteiger partial charge in [0.2, 0.25) is 5.91 Å². The average molecular weight is 317 g/mol. The highest BCUT2D eigenvalue weighted by Crippen LogP contribution is 2.23. The molecule has 1 aromatic carbocycles. The Morgan fingerprint density at radius 2 is 1.86 bits per heavy atom. The molecule has 0 radical (unpaired) electrons. The summed E-state index contributed by atoms with van der Waals surface area (Å²) in [6, 6.07) is 12.6. The topological polar surface area (TPSA) is 66.4 Å². The minimum atomic E-state index is -0.930. The molecule has 0 aliphatic heterocycles. The number of carboxylic acid groups (broad SMARTS) is 1. The van der Waals surface area contributed by atoms with E-state index in [1.807, 2.05) is 49.4 Å². The van der Waals surface area contributed by atoms with Crippen LogP contribution in [0.5, 0.6) is 0 Å². The summed E-state index contributed by atoms with van der Waals surface area (Å²) in [5, 5.41) is 12.1. The van der Waals surface area contributed by atoms with Crippen molar-refractivity contribution in [3.8, 4) is 0 Å². The molecule has 4 nitrogen and oxygen atoms in total. The van der Waals surface area contributed by atoms with Crippen molar-refractivity contribution in [2.75, 3.05) is 0 Å². The smallest absolute Gasteiger partial charge is 0.308 e. The van der Waals surface area contributed by atoms with Crippen LogP contribution in [0.25, 0.3) is 0 Å². The highest BCUT2D eigenvalue weighted by molar-refractivity contribution is 7.12. The third-order valence-electron chi connectivity index (χ3n) is 3.50. The number of carboxylic acids is 1. The van der Waals surface area contributed by atoms with Gasteiger partial charge in [0.15, 0.2) is 0 Å². The Hall–Kier alpha value is -2.14. The van der Waals surface area contributed by atoms with Crippen LogP contribution in [0.15, 0.2) is 42.5 Å². The molecule has 22 heavy (non-hydrogen) atoms. The molecule has 2 N–H and O–H groups in total. The fraction of sp³-hybridized carbons (Fsp3) is 0.294. The van der Waals surface area contributed by atoms with Gasteiger partial charge in [-0.3, -0.25) is 9.59 Å². The maximum absolute atomic E-state index is 12.2. The SMILES string of the molecule is Cc1ccc(CC(=O)NC(c2ccccc2)C(C)C(=O)O)s1. The monoisotopic (exact) mass is 317 g/mol. The van der Waals surface area contributed by atoms with Gasteiger partial charge >= 0.3 is 5.97 Å². The molecule has 0 saturated carbocycles. The number of aliphatic carboxylic acids is 1. The number of nitrogens with one attached hydrogen (secondary N) is 1. The fourth-order valence-electron chi connectivity index (χ4n) is 2.26. The van der Waals surface area contributed by atoms with E-state index in [0.717, 1.165) is 15.3 Å². The molecule has 2 unspecified atom stereocenters. The summed E-state index contributed by atoms with van der Waals surface area (Å²) in [6.45, 7) is 3.60. The Kier molecular flexibility index (Phi) is 5.33. The van der Waals surface area contributed by atoms with Crippen LogP contribution in [-0.2, 0) is 16.0 Å². The van der Waals surface area contributed by atoms with Crippen LogP contribution < -0.4 is 5.32 Å². The maximum Gasteiger partial charge on any atom is 0.308 e. The number of hydrogen-bond donors (Lipinski definition) is 2. The fourth-order valence-corrected chi connectivity index (χ4v) is 3.15. The van der Waals surface area contributed by atoms with Gasteiger partial charge in [0.25, 0.3) is 0 Å². The molecule has 116 valence electrons. The lowest BCUT2D eigenvalue weighted by molar-refractivity contribution is -0.142. The lowest BCUT2D eigenvalue weighted by Gasteiger charge is -2.22. The van der Waals surface area contributed by atoms with Gasteiger partial charge in [-0.2, -0.15) is 0 Å². The first kappa shape index (κ1) is 16.2. The van der Waals surface area contributed by atoms with Gasteiger partial charge in [-0.1, -0.05) is 30.3 Å². The van der Waals surface area contributed by atoms with Crippen molar-refractivity contribution in [3.63, 3.8) is 0 Å². The molecular formula is C17H19NO3S. The molecule has 2 rings (SSSR count). The molecule has 2 atom stereocenters. The number of carbonyl (C=O) groups excluding carboxylic acids is 1. The predicted octanol–water partition coefficient (Wildman–Crippen LogP) is 3.18. The highest BCUT2D eigenvalue weighted by Gasteiger charge is 2.26. The Balaban J connectivity index is 2.12. The summed E-state index contributed by atoms with van der Waals surface area (Å²) in [5.74, 6) is -1.79. The Labute approximate surface area is 133 Å². The van der Waals surface area contributed by atoms with E-state index in [1.54, 1.807) is 18.3 Å². The molecule has 2 aromatic rings. The second-order valence-corrected chi connectivity index (χ2v) is 6.64. The summed E-state index contributed by atoms with van der Waals surface area (Å²) in [7, 11) is 0. The molecule has 1 aromatic heterocycles. The van der Waals surface area contributed by atoms with Crippen LogP contribution in [0.1, 0.15) is 28.3 Å². The Morgan fingerprint density at radius 1 is 1.18 bits per heavy atom. The largest absolute Gasteiger partial charge is 0.481 e. The van der Waals surface area contributed by atoms with Gasteiger partial charge in [0.1, 0.15) is 0 Å². The van der Waals surface area contributed by atoms with Crippen molar-refractivity contribution in [1.29, 1.82) is 0 Å². The molecule has 1 amide bonds. The van der Waals surface area contributed by atoms with Crippen molar-refractivity contribution in [2.45, 2.75) is 26.3 Å². The molecule has 0 spiro atoms. The van der Waals surface area contributed by atoms with E-state index in [1.165, 1.54) is 0 Å². The maximum atomic E-state index is 12.2. The quantitative estimate of drug-likeness (QED) is 0.860. The van der Waals surface area contributed by atoms with E-state index in [0.29, 0.717) is 0 Å². The standard InChI is InChI=1S/C17H19NO3S/c1-11-8-9-14(22-11)10-15(19)18-16(12(2)17(20)21)13-6-4-3-5-7-13/h3-9,12,16H,10H2,1-2H3,(H,18,19)(H,20,21). The van der Waals surface area contributed by atoms with Crippen LogP contribution in [-0.4, -0.2) is 17.0 Å². The summed E-state index contributed by atoms with van der Waals surface area (Å²) < 4.78 is 0. The first-order valence-electron chi connectivity index (χ1n) is 7.10. The average Bonchev–Trinajstić information content (AvgIpc) is 2.90. The summed E-state index contributed by atoms with van der Waals surface area (Å²) in [4.78, 5) is 25.7. The van der Waals surface area contributed by atoms with Gasteiger partial charge in [-0.05, 0) is 31.5 Å². The number of benzene rings is 1. The minimum absolute atomic E-state index is 0.163. The third kappa shape index (κ3) is 4.18. The molecule has 0 aliphatic rings. The second-order valence-electron chi connectivity index (χ2n) is 5.27. The van der Waals surface area contributed by atoms with Crippen molar-refractivity contribution < 1.29 is 14.7 Å². The van der Waals surface area contributed by atoms with E-state index < -0.39 is 17.9 Å². The minimum Gasteiger partial charge on any atom is -0.481 e. The first-order chi connectivity index (χ1) is 10.5. The Bertz CT molecular complexity index is 651. The van der Waals surface area contributed by atoms with Crippen molar-refractivity contribution in [3.05, 3.63) is 57.8 Å². The zero-order valence-electron chi connectivity index (χ0n) is 12.6. The van der Waals surface area contributed by atoms with Crippen molar-refractivity contribution in [1.82, 2.24) is 5.32 Å². The van der Waals surface area contributed by atoms with Gasteiger partial charge in [-0.15, -0.1) is 11.3 Å². The van der Waals surface area contributed by atoms with E-state index in [9.17, 15) is 14.7 Å². The third-order valence-corrected chi connectivity index (χ3v) is 4.50. The number of hydrogen-bond acceptors (Lipinski definition) is 3. The lowest BCUT2D eigenvalue weighted by Crippen LogP contribution is -2.36. The molecule has 0 aliphatic carbocycles. The van der Waals surface area contributed by atoms with Crippen LogP contribution in [0.3, 0.4) is 0 Å². The normalized spacial score (nSPS) is 13.4. The molecule has 1 heterocycles. The summed E-state index contributed by atoms with van der Waals surface area (Å²) >= 11 is 1.58. The van der Waals surface area contributed by atoms with Gasteiger partial charge in [0, 0.05) is 9.75 Å². The molecule has 5 heteroatoms. The summed E-state index contributed by atoms with van der Waals surface area (Å²) in [5.41, 5.74) is 0.799. The van der Waals surface area contributed by atoms with Gasteiger partial charge < -0.3 is 10.4 Å². The van der Waals surface area contributed by atoms with E-state index >= 15 is 0 Å². The van der Waals surface area contributed by atoms with Crippen molar-refractivity contribution in [2.24, 2.45) is 5.92 Å². The van der Waals surface area contributed by atoms with Crippen LogP contribution >= 0.6 is 11.3 Å². The van der Waals surface area contributed by atoms with Crippen LogP contribution in [0, 0.1) is 12.8 Å². The van der Waals surface area contributed by atoms with Crippen LogP contribution in [0.2, 0.25) is 0 Å². The van der Waals surface area contributed by atoms with E-state index in [4.69, 9.17) is 0 Å². The lowest BCUT2D eigenvalue weighted by atomic mass is 9.94. The summed E-state index contributed by atoms with van der Waals surface area (Å²) in [6.07, 6.45) is 0.272. The van der Waals surface area contributed by atoms with E-state index in [2.05, 4.69) is 5.32 Å². The molecular weight excluding hydrogens is 298 g/mol. The van der Waals surface area contributed by atoms with Gasteiger partial charge in [0.05, 0.1) is 18.4 Å². The number of rotatable bonds is 6. The predicted molar refractivity (Wildman–Crippen MR) is 86.9 cm³/mol. The number of thiophene rings is 1. The Morgan fingerprint density at radius 3 is 2.41 bits per heavy atom. The number of carbonyl (C=O) groups is 2. The first-order valence-corrected chi connectivity index (χ1v) is 7.91. The highest BCUT2D eigenvalue weighted by atomic mass is 32.1. The molecule has 0 fully saturated rings. The molecule has 0 bridgehead atoms. The van der Waals surface area contributed by atoms with Crippen molar-refractivity contribution >= 4 is 23.2 Å². The zero-order chi connectivity index (χ0) is 16.1. The number of aryl methyl sites for hydroxylation is 1. The molecule has 0 saturated heterocycles. The second kappa shape index (κ2) is 7.22.